The molecule has 1 saturated heterocycles. The maximum absolute atomic E-state index is 12.4. The van der Waals surface area contributed by atoms with E-state index in [1.54, 1.807) is 0 Å². The summed E-state index contributed by atoms with van der Waals surface area (Å²) in [5.41, 5.74) is 2.52. The van der Waals surface area contributed by atoms with Crippen LogP contribution in [0.4, 0.5) is 0 Å². The lowest BCUT2D eigenvalue weighted by atomic mass is 10.0. The highest BCUT2D eigenvalue weighted by Gasteiger charge is 2.21. The number of likely N-dealkylation sites (tertiary alicyclic amines) is 1. The number of hydrogen-bond donors (Lipinski definition) is 0. The average Bonchev–Trinajstić information content (AvgIpc) is 2.59. The third kappa shape index (κ3) is 3.54. The van der Waals surface area contributed by atoms with Gasteiger partial charge in [-0.15, -0.1) is 0 Å². The number of piperidine rings is 1. The third-order valence-corrected chi connectivity index (χ3v) is 5.45. The van der Waals surface area contributed by atoms with E-state index in [4.69, 9.17) is 0 Å². The molecule has 0 saturated carbocycles. The third-order valence-electron chi connectivity index (χ3n) is 4.48. The Bertz CT molecular complexity index is 812. The number of aryl methyl sites for hydroxylation is 1. The van der Waals surface area contributed by atoms with E-state index in [0.717, 1.165) is 36.0 Å². The van der Waals surface area contributed by atoms with Gasteiger partial charge in [0.15, 0.2) is 0 Å². The molecular weight excluding hydrogens is 318 g/mol. The molecule has 0 bridgehead atoms. The standard InChI is InChI=1S/C19H21N3OS/c1-13-5-4-8-22(11-13)17(23)12-24-19-16(10-20)9-15-7-3-6-14(2)18(15)21-19/h3,6-7,9,13H,4-5,8,11-12H2,1-2H3. The van der Waals surface area contributed by atoms with Gasteiger partial charge in [-0.3, -0.25) is 4.79 Å². The Labute approximate surface area is 146 Å². The van der Waals surface area contributed by atoms with Gasteiger partial charge >= 0.3 is 0 Å². The first-order valence-electron chi connectivity index (χ1n) is 8.29. The van der Waals surface area contributed by atoms with Crippen LogP contribution in [0.3, 0.4) is 0 Å². The first-order valence-corrected chi connectivity index (χ1v) is 9.28. The molecule has 0 radical (unpaired) electrons. The van der Waals surface area contributed by atoms with E-state index in [-0.39, 0.29) is 5.91 Å². The fraction of sp³-hybridized carbons (Fsp3) is 0.421. The summed E-state index contributed by atoms with van der Waals surface area (Å²) in [5.74, 6) is 1.05. The number of nitriles is 1. The predicted molar refractivity (Wildman–Crippen MR) is 96.9 cm³/mol. The second-order valence-corrected chi connectivity index (χ2v) is 7.44. The van der Waals surface area contributed by atoms with Crippen molar-refractivity contribution in [2.24, 2.45) is 5.92 Å². The zero-order valence-corrected chi connectivity index (χ0v) is 14.9. The van der Waals surface area contributed by atoms with Crippen LogP contribution in [0.25, 0.3) is 10.9 Å². The van der Waals surface area contributed by atoms with Gasteiger partial charge in [0, 0.05) is 18.5 Å². The van der Waals surface area contributed by atoms with E-state index >= 15 is 0 Å². The molecule has 0 aliphatic carbocycles. The molecule has 0 N–H and O–H groups in total. The number of hydrogen-bond acceptors (Lipinski definition) is 4. The topological polar surface area (TPSA) is 57.0 Å². The molecule has 1 aromatic heterocycles. The molecule has 2 heterocycles. The lowest BCUT2D eigenvalue weighted by molar-refractivity contribution is -0.130. The minimum absolute atomic E-state index is 0.141. The van der Waals surface area contributed by atoms with Crippen molar-refractivity contribution < 1.29 is 4.79 Å². The Morgan fingerprint density at radius 3 is 3.08 bits per heavy atom. The summed E-state index contributed by atoms with van der Waals surface area (Å²) in [6.07, 6.45) is 2.27. The van der Waals surface area contributed by atoms with Gasteiger partial charge in [0.25, 0.3) is 0 Å². The molecule has 124 valence electrons. The number of para-hydroxylation sites is 1. The van der Waals surface area contributed by atoms with E-state index in [2.05, 4.69) is 18.0 Å². The fourth-order valence-electron chi connectivity index (χ4n) is 3.16. The van der Waals surface area contributed by atoms with E-state index in [9.17, 15) is 10.1 Å². The minimum Gasteiger partial charge on any atom is -0.342 e. The number of benzene rings is 1. The molecule has 1 aromatic carbocycles. The first-order chi connectivity index (χ1) is 11.6. The summed E-state index contributed by atoms with van der Waals surface area (Å²) in [7, 11) is 0. The Morgan fingerprint density at radius 1 is 1.50 bits per heavy atom. The lowest BCUT2D eigenvalue weighted by Gasteiger charge is -2.30. The molecular formula is C19H21N3OS. The van der Waals surface area contributed by atoms with Crippen molar-refractivity contribution in [2.75, 3.05) is 18.8 Å². The number of carbonyl (C=O) groups excluding carboxylic acids is 1. The zero-order valence-electron chi connectivity index (χ0n) is 14.1. The lowest BCUT2D eigenvalue weighted by Crippen LogP contribution is -2.40. The van der Waals surface area contributed by atoms with Crippen LogP contribution in [-0.2, 0) is 4.79 Å². The van der Waals surface area contributed by atoms with Gasteiger partial charge in [-0.25, -0.2) is 4.98 Å². The van der Waals surface area contributed by atoms with Crippen LogP contribution in [0.5, 0.6) is 0 Å². The highest BCUT2D eigenvalue weighted by atomic mass is 32.2. The number of amides is 1. The van der Waals surface area contributed by atoms with E-state index in [1.807, 2.05) is 36.1 Å². The summed E-state index contributed by atoms with van der Waals surface area (Å²) in [6, 6.07) is 10.0. The Hall–Kier alpha value is -2.06. The molecule has 1 aliphatic heterocycles. The summed E-state index contributed by atoms with van der Waals surface area (Å²) >= 11 is 1.37. The molecule has 1 amide bonds. The molecule has 4 nitrogen and oxygen atoms in total. The van der Waals surface area contributed by atoms with Crippen molar-refractivity contribution in [2.45, 2.75) is 31.7 Å². The molecule has 2 aromatic rings. The quantitative estimate of drug-likeness (QED) is 0.799. The molecule has 1 fully saturated rings. The average molecular weight is 339 g/mol. The summed E-state index contributed by atoms with van der Waals surface area (Å²) < 4.78 is 0. The number of pyridine rings is 1. The van der Waals surface area contributed by atoms with Crippen LogP contribution in [0, 0.1) is 24.2 Å². The smallest absolute Gasteiger partial charge is 0.232 e. The Balaban J connectivity index is 1.78. The number of fused-ring (bicyclic) bond motifs is 1. The highest BCUT2D eigenvalue weighted by Crippen LogP contribution is 2.27. The molecule has 0 spiro atoms. The summed E-state index contributed by atoms with van der Waals surface area (Å²) in [5, 5.41) is 11.0. The van der Waals surface area contributed by atoms with Crippen molar-refractivity contribution in [3.63, 3.8) is 0 Å². The van der Waals surface area contributed by atoms with E-state index in [1.165, 1.54) is 18.2 Å². The van der Waals surface area contributed by atoms with Gasteiger partial charge in [-0.2, -0.15) is 5.26 Å². The molecule has 1 unspecified atom stereocenters. The monoisotopic (exact) mass is 339 g/mol. The van der Waals surface area contributed by atoms with Gasteiger partial charge < -0.3 is 4.90 Å². The van der Waals surface area contributed by atoms with Crippen LogP contribution in [0.1, 0.15) is 30.9 Å². The molecule has 1 aliphatic rings. The van der Waals surface area contributed by atoms with Crippen molar-refractivity contribution >= 4 is 28.6 Å². The van der Waals surface area contributed by atoms with E-state index in [0.29, 0.717) is 22.3 Å². The fourth-order valence-corrected chi connectivity index (χ4v) is 4.02. The highest BCUT2D eigenvalue weighted by molar-refractivity contribution is 8.00. The van der Waals surface area contributed by atoms with E-state index < -0.39 is 0 Å². The second-order valence-electron chi connectivity index (χ2n) is 6.48. The number of carbonyl (C=O) groups is 1. The van der Waals surface area contributed by atoms with Crippen LogP contribution < -0.4 is 0 Å². The van der Waals surface area contributed by atoms with Gasteiger partial charge in [-0.05, 0) is 37.3 Å². The van der Waals surface area contributed by atoms with Gasteiger partial charge in [0.2, 0.25) is 5.91 Å². The van der Waals surface area contributed by atoms with Crippen LogP contribution in [0.15, 0.2) is 29.3 Å². The zero-order chi connectivity index (χ0) is 17.1. The number of rotatable bonds is 3. The summed E-state index contributed by atoms with van der Waals surface area (Å²) in [4.78, 5) is 19.0. The molecule has 1 atom stereocenters. The number of thioether (sulfide) groups is 1. The first kappa shape index (κ1) is 16.8. The molecule has 3 rings (SSSR count). The van der Waals surface area contributed by atoms with Gasteiger partial charge in [-0.1, -0.05) is 36.9 Å². The normalized spacial score (nSPS) is 17.7. The molecule has 5 heteroatoms. The summed E-state index contributed by atoms with van der Waals surface area (Å²) in [6.45, 7) is 5.89. The maximum Gasteiger partial charge on any atom is 0.232 e. The Morgan fingerprint density at radius 2 is 2.33 bits per heavy atom. The maximum atomic E-state index is 12.4. The van der Waals surface area contributed by atoms with Gasteiger partial charge in [0.1, 0.15) is 11.1 Å². The van der Waals surface area contributed by atoms with Crippen molar-refractivity contribution in [1.29, 1.82) is 5.26 Å². The number of nitrogens with zero attached hydrogens (tertiary/aromatic N) is 3. The van der Waals surface area contributed by atoms with Crippen molar-refractivity contribution in [3.05, 3.63) is 35.4 Å². The van der Waals surface area contributed by atoms with Crippen molar-refractivity contribution in [3.8, 4) is 6.07 Å². The molecule has 24 heavy (non-hydrogen) atoms. The predicted octanol–water partition coefficient (Wildman–Crippen LogP) is 3.77. The van der Waals surface area contributed by atoms with Crippen LogP contribution in [0.2, 0.25) is 0 Å². The minimum atomic E-state index is 0.141. The Kier molecular flexibility index (Phi) is 5.06. The second kappa shape index (κ2) is 7.23. The van der Waals surface area contributed by atoms with Crippen LogP contribution >= 0.6 is 11.8 Å². The van der Waals surface area contributed by atoms with Gasteiger partial charge in [0.05, 0.1) is 16.8 Å². The SMILES string of the molecule is Cc1cccc2cc(C#N)c(SCC(=O)N3CCCC(C)C3)nc12. The van der Waals surface area contributed by atoms with Crippen molar-refractivity contribution in [1.82, 2.24) is 9.88 Å². The number of aromatic nitrogens is 1. The van der Waals surface area contributed by atoms with Crippen LogP contribution in [-0.4, -0.2) is 34.6 Å². The largest absolute Gasteiger partial charge is 0.342 e.